The van der Waals surface area contributed by atoms with Gasteiger partial charge in [-0.15, -0.1) is 11.3 Å². The molecule has 0 aliphatic carbocycles. The Morgan fingerprint density at radius 3 is 2.87 bits per heavy atom. The fourth-order valence-corrected chi connectivity index (χ4v) is 2.80. The van der Waals surface area contributed by atoms with Crippen molar-refractivity contribution in [1.82, 2.24) is 10.3 Å². The van der Waals surface area contributed by atoms with Crippen molar-refractivity contribution in [3.63, 3.8) is 0 Å². The van der Waals surface area contributed by atoms with Gasteiger partial charge in [-0.05, 0) is 25.1 Å². The Morgan fingerprint density at radius 2 is 2.22 bits per heavy atom. The van der Waals surface area contributed by atoms with Crippen LogP contribution in [-0.2, 0) is 6.42 Å². The van der Waals surface area contributed by atoms with E-state index in [-0.39, 0.29) is 11.6 Å². The van der Waals surface area contributed by atoms with Crippen LogP contribution in [0.4, 0.5) is 0 Å². The molecule has 2 aromatic rings. The van der Waals surface area contributed by atoms with Gasteiger partial charge in [0.25, 0.3) is 5.91 Å². The molecule has 0 radical (unpaired) electrons. The number of benzene rings is 1. The number of hydrogen-bond acceptors (Lipinski definition) is 5. The lowest BCUT2D eigenvalue weighted by Crippen LogP contribution is -2.26. The highest BCUT2D eigenvalue weighted by molar-refractivity contribution is 7.09. The SMILES string of the molecule is CCOc1cc(Cl)ccc1C(=O)NCCc1nc(C(=O)O)cs1. The molecular weight excluding hydrogens is 340 g/mol. The van der Waals surface area contributed by atoms with Crippen LogP contribution in [0, 0.1) is 0 Å². The van der Waals surface area contributed by atoms with Crippen molar-refractivity contribution in [2.24, 2.45) is 0 Å². The molecule has 2 N–H and O–H groups in total. The highest BCUT2D eigenvalue weighted by Crippen LogP contribution is 2.23. The number of nitrogens with zero attached hydrogens (tertiary/aromatic N) is 1. The third-order valence-electron chi connectivity index (χ3n) is 2.88. The van der Waals surface area contributed by atoms with E-state index < -0.39 is 5.97 Å². The van der Waals surface area contributed by atoms with Crippen molar-refractivity contribution in [3.05, 3.63) is 44.9 Å². The lowest BCUT2D eigenvalue weighted by molar-refractivity contribution is 0.0690. The predicted molar refractivity (Wildman–Crippen MR) is 87.7 cm³/mol. The Morgan fingerprint density at radius 1 is 1.43 bits per heavy atom. The van der Waals surface area contributed by atoms with Crippen LogP contribution in [0.3, 0.4) is 0 Å². The molecule has 6 nitrogen and oxygen atoms in total. The van der Waals surface area contributed by atoms with Crippen LogP contribution < -0.4 is 10.1 Å². The Hall–Kier alpha value is -2.12. The second kappa shape index (κ2) is 7.94. The van der Waals surface area contributed by atoms with Crippen LogP contribution in [0.5, 0.6) is 5.75 Å². The smallest absolute Gasteiger partial charge is 0.355 e. The van der Waals surface area contributed by atoms with Crippen LogP contribution >= 0.6 is 22.9 Å². The zero-order valence-electron chi connectivity index (χ0n) is 12.3. The van der Waals surface area contributed by atoms with Crippen molar-refractivity contribution in [2.45, 2.75) is 13.3 Å². The standard InChI is InChI=1S/C15H15ClN2O4S/c1-2-22-12-7-9(16)3-4-10(12)14(19)17-6-5-13-18-11(8-23-13)15(20)21/h3-4,7-8H,2,5-6H2,1H3,(H,17,19)(H,20,21). The first-order valence-electron chi connectivity index (χ1n) is 6.89. The topological polar surface area (TPSA) is 88.5 Å². The number of aromatic nitrogens is 1. The average Bonchev–Trinajstić information content (AvgIpc) is 2.97. The van der Waals surface area contributed by atoms with Gasteiger partial charge in [-0.1, -0.05) is 11.6 Å². The third kappa shape index (κ3) is 4.67. The van der Waals surface area contributed by atoms with E-state index in [1.165, 1.54) is 16.7 Å². The molecule has 1 amide bonds. The summed E-state index contributed by atoms with van der Waals surface area (Å²) in [6.45, 7) is 2.60. The second-order valence-corrected chi connectivity index (χ2v) is 5.89. The maximum atomic E-state index is 12.2. The van der Waals surface area contributed by atoms with Crippen molar-refractivity contribution >= 4 is 34.8 Å². The van der Waals surface area contributed by atoms with Gasteiger partial charge in [0.1, 0.15) is 5.75 Å². The summed E-state index contributed by atoms with van der Waals surface area (Å²) in [5, 5.41) is 14.2. The maximum Gasteiger partial charge on any atom is 0.355 e. The zero-order valence-corrected chi connectivity index (χ0v) is 13.9. The molecular formula is C15H15ClN2O4S. The van der Waals surface area contributed by atoms with Gasteiger partial charge in [0.15, 0.2) is 5.69 Å². The number of amides is 1. The monoisotopic (exact) mass is 354 g/mol. The summed E-state index contributed by atoms with van der Waals surface area (Å²) >= 11 is 7.16. The molecule has 8 heteroatoms. The number of carbonyl (C=O) groups excluding carboxylic acids is 1. The average molecular weight is 355 g/mol. The molecule has 2 rings (SSSR count). The van der Waals surface area contributed by atoms with E-state index in [0.717, 1.165) is 0 Å². The Labute approximate surface area is 142 Å². The van der Waals surface area contributed by atoms with E-state index in [2.05, 4.69) is 10.3 Å². The summed E-state index contributed by atoms with van der Waals surface area (Å²) in [7, 11) is 0. The fourth-order valence-electron chi connectivity index (χ4n) is 1.86. The number of carboxylic acid groups (broad SMARTS) is 1. The normalized spacial score (nSPS) is 10.3. The van der Waals surface area contributed by atoms with Gasteiger partial charge in [0.2, 0.25) is 0 Å². The summed E-state index contributed by atoms with van der Waals surface area (Å²) in [4.78, 5) is 26.9. The molecule has 0 unspecified atom stereocenters. The molecule has 122 valence electrons. The second-order valence-electron chi connectivity index (χ2n) is 4.51. The number of thiazole rings is 1. The molecule has 1 aromatic carbocycles. The van der Waals surface area contributed by atoms with Crippen LogP contribution in [0.25, 0.3) is 0 Å². The molecule has 23 heavy (non-hydrogen) atoms. The number of rotatable bonds is 7. The van der Waals surface area contributed by atoms with Crippen LogP contribution in [0.1, 0.15) is 32.8 Å². The van der Waals surface area contributed by atoms with Crippen molar-refractivity contribution in [3.8, 4) is 5.75 Å². The van der Waals surface area contributed by atoms with Gasteiger partial charge < -0.3 is 15.2 Å². The Bertz CT molecular complexity index is 717. The summed E-state index contributed by atoms with van der Waals surface area (Å²) in [5.41, 5.74) is 0.425. The quantitative estimate of drug-likeness (QED) is 0.798. The first-order chi connectivity index (χ1) is 11.0. The number of aromatic carboxylic acids is 1. The number of carboxylic acids is 1. The van der Waals surface area contributed by atoms with Crippen molar-refractivity contribution in [1.29, 1.82) is 0 Å². The summed E-state index contributed by atoms with van der Waals surface area (Å²) in [6, 6.07) is 4.83. The highest BCUT2D eigenvalue weighted by atomic mass is 35.5. The highest BCUT2D eigenvalue weighted by Gasteiger charge is 2.13. The number of ether oxygens (including phenoxy) is 1. The van der Waals surface area contributed by atoms with E-state index >= 15 is 0 Å². The van der Waals surface area contributed by atoms with Gasteiger partial charge in [-0.25, -0.2) is 9.78 Å². The minimum Gasteiger partial charge on any atom is -0.493 e. The van der Waals surface area contributed by atoms with Crippen molar-refractivity contribution < 1.29 is 19.4 Å². The molecule has 0 spiro atoms. The van der Waals surface area contributed by atoms with E-state index in [1.54, 1.807) is 18.2 Å². The third-order valence-corrected chi connectivity index (χ3v) is 4.03. The van der Waals surface area contributed by atoms with E-state index in [1.807, 2.05) is 6.92 Å². The molecule has 0 bridgehead atoms. The Balaban J connectivity index is 1.95. The molecule has 0 aliphatic rings. The predicted octanol–water partition coefficient (Wildman–Crippen LogP) is 2.87. The number of hydrogen-bond donors (Lipinski definition) is 2. The summed E-state index contributed by atoms with van der Waals surface area (Å²) in [6.07, 6.45) is 0.460. The molecule has 1 aromatic heterocycles. The Kier molecular flexibility index (Phi) is 5.95. The van der Waals surface area contributed by atoms with Gasteiger partial charge in [0.05, 0.1) is 17.2 Å². The lowest BCUT2D eigenvalue weighted by atomic mass is 10.2. The van der Waals surface area contributed by atoms with Gasteiger partial charge >= 0.3 is 5.97 Å². The maximum absolute atomic E-state index is 12.2. The van der Waals surface area contributed by atoms with Gasteiger partial charge in [-0.2, -0.15) is 0 Å². The first kappa shape index (κ1) is 17.2. The van der Waals surface area contributed by atoms with Crippen LogP contribution in [0.2, 0.25) is 5.02 Å². The van der Waals surface area contributed by atoms with Crippen LogP contribution in [0.15, 0.2) is 23.6 Å². The largest absolute Gasteiger partial charge is 0.493 e. The first-order valence-corrected chi connectivity index (χ1v) is 8.15. The summed E-state index contributed by atoms with van der Waals surface area (Å²) in [5.74, 6) is -0.904. The molecule has 0 saturated heterocycles. The van der Waals surface area contributed by atoms with Gasteiger partial charge in [-0.3, -0.25) is 4.79 Å². The van der Waals surface area contributed by atoms with Crippen LogP contribution in [-0.4, -0.2) is 35.1 Å². The van der Waals surface area contributed by atoms with Crippen molar-refractivity contribution in [2.75, 3.05) is 13.2 Å². The molecule has 1 heterocycles. The van der Waals surface area contributed by atoms with E-state index in [4.69, 9.17) is 21.4 Å². The molecule has 0 atom stereocenters. The minimum atomic E-state index is -1.06. The molecule has 0 fully saturated rings. The number of nitrogens with one attached hydrogen (secondary N) is 1. The number of carbonyl (C=O) groups is 2. The van der Waals surface area contributed by atoms with E-state index in [9.17, 15) is 9.59 Å². The molecule has 0 aliphatic heterocycles. The van der Waals surface area contributed by atoms with Gasteiger partial charge in [0, 0.05) is 23.4 Å². The lowest BCUT2D eigenvalue weighted by Gasteiger charge is -2.10. The minimum absolute atomic E-state index is 0.0210. The fraction of sp³-hybridized carbons (Fsp3) is 0.267. The zero-order chi connectivity index (χ0) is 16.8. The summed E-state index contributed by atoms with van der Waals surface area (Å²) < 4.78 is 5.41. The van der Waals surface area contributed by atoms with E-state index in [0.29, 0.717) is 40.9 Å². The number of halogens is 1. The molecule has 0 saturated carbocycles.